The van der Waals surface area contributed by atoms with Gasteiger partial charge in [-0.25, -0.2) is 0 Å². The van der Waals surface area contributed by atoms with E-state index in [-0.39, 0.29) is 24.2 Å². The van der Waals surface area contributed by atoms with Crippen molar-refractivity contribution in [1.82, 2.24) is 0 Å². The SMILES string of the molecule is CCCC/C=C/C(N=[N+]=[N-])=C(\CO)P(=O)(OCC)OCC. The van der Waals surface area contributed by atoms with Crippen LogP contribution in [-0.2, 0) is 13.6 Å². The fourth-order valence-corrected chi connectivity index (χ4v) is 3.23. The van der Waals surface area contributed by atoms with Crippen molar-refractivity contribution in [3.63, 3.8) is 0 Å². The molecule has 0 aromatic heterocycles. The summed E-state index contributed by atoms with van der Waals surface area (Å²) < 4.78 is 23.0. The first-order chi connectivity index (χ1) is 10.1. The maximum atomic E-state index is 12.7. The highest BCUT2D eigenvalue weighted by Gasteiger charge is 2.31. The summed E-state index contributed by atoms with van der Waals surface area (Å²) in [6, 6.07) is 0. The topological polar surface area (TPSA) is 105 Å². The number of aliphatic hydroxyl groups excluding tert-OH is 1. The summed E-state index contributed by atoms with van der Waals surface area (Å²) in [4.78, 5) is 2.71. The van der Waals surface area contributed by atoms with E-state index in [0.29, 0.717) is 0 Å². The largest absolute Gasteiger partial charge is 0.391 e. The predicted molar refractivity (Wildman–Crippen MR) is 82.8 cm³/mol. The average Bonchev–Trinajstić information content (AvgIpc) is 2.44. The standard InChI is InChI=1S/C13H24N3O4P/c1-4-7-8-9-10-12(15-16-14)13(11-17)21(18,19-5-2)20-6-3/h9-10,17H,4-8,11H2,1-3H3/b10-9+,13-12-. The van der Waals surface area contributed by atoms with Crippen LogP contribution in [0.15, 0.2) is 28.3 Å². The summed E-state index contributed by atoms with van der Waals surface area (Å²) >= 11 is 0. The molecule has 0 aliphatic heterocycles. The van der Waals surface area contributed by atoms with Crippen LogP contribution in [0.4, 0.5) is 0 Å². The normalized spacial score (nSPS) is 13.1. The number of nitrogens with zero attached hydrogens (tertiary/aromatic N) is 3. The predicted octanol–water partition coefficient (Wildman–Crippen LogP) is 4.51. The number of rotatable bonds is 11. The Morgan fingerprint density at radius 1 is 1.33 bits per heavy atom. The lowest BCUT2D eigenvalue weighted by atomic mass is 10.2. The van der Waals surface area contributed by atoms with Crippen molar-refractivity contribution < 1.29 is 18.7 Å². The quantitative estimate of drug-likeness (QED) is 0.151. The molecule has 8 heteroatoms. The van der Waals surface area contributed by atoms with Gasteiger partial charge in [0, 0.05) is 4.91 Å². The summed E-state index contributed by atoms with van der Waals surface area (Å²) in [5.41, 5.74) is 8.73. The van der Waals surface area contributed by atoms with Gasteiger partial charge in [0.25, 0.3) is 0 Å². The van der Waals surface area contributed by atoms with Gasteiger partial charge in [0.2, 0.25) is 0 Å². The van der Waals surface area contributed by atoms with Gasteiger partial charge >= 0.3 is 7.60 Å². The molecule has 0 amide bonds. The highest BCUT2D eigenvalue weighted by atomic mass is 31.2. The molecule has 0 aliphatic carbocycles. The number of allylic oxidation sites excluding steroid dienone is 2. The van der Waals surface area contributed by atoms with Gasteiger partial charge in [0.15, 0.2) is 0 Å². The highest BCUT2D eigenvalue weighted by Crippen LogP contribution is 2.57. The van der Waals surface area contributed by atoms with Gasteiger partial charge in [-0.05, 0) is 25.8 Å². The van der Waals surface area contributed by atoms with E-state index in [1.54, 1.807) is 19.9 Å². The minimum absolute atomic E-state index is 0.0169. The number of aliphatic hydroxyl groups is 1. The van der Waals surface area contributed by atoms with Gasteiger partial charge in [-0.2, -0.15) is 0 Å². The zero-order chi connectivity index (χ0) is 16.1. The molecule has 0 unspecified atom stereocenters. The second-order valence-corrected chi connectivity index (χ2v) is 6.11. The van der Waals surface area contributed by atoms with Crippen LogP contribution >= 0.6 is 7.60 Å². The zero-order valence-corrected chi connectivity index (χ0v) is 13.8. The second kappa shape index (κ2) is 11.5. The van der Waals surface area contributed by atoms with E-state index in [1.807, 2.05) is 6.08 Å². The molecular weight excluding hydrogens is 293 g/mol. The number of hydrogen-bond acceptors (Lipinski definition) is 5. The van der Waals surface area contributed by atoms with Crippen molar-refractivity contribution in [2.75, 3.05) is 19.8 Å². The molecule has 21 heavy (non-hydrogen) atoms. The molecule has 120 valence electrons. The zero-order valence-electron chi connectivity index (χ0n) is 12.9. The van der Waals surface area contributed by atoms with E-state index in [0.717, 1.165) is 19.3 Å². The van der Waals surface area contributed by atoms with Gasteiger partial charge in [-0.15, -0.1) is 0 Å². The van der Waals surface area contributed by atoms with Crippen LogP contribution in [0, 0.1) is 0 Å². The van der Waals surface area contributed by atoms with Gasteiger partial charge in [0.1, 0.15) is 0 Å². The van der Waals surface area contributed by atoms with Crippen LogP contribution in [0.2, 0.25) is 0 Å². The molecule has 1 N–H and O–H groups in total. The maximum absolute atomic E-state index is 12.7. The second-order valence-electron chi connectivity index (χ2n) is 4.06. The number of azide groups is 1. The highest BCUT2D eigenvalue weighted by molar-refractivity contribution is 7.58. The summed E-state index contributed by atoms with van der Waals surface area (Å²) in [6.45, 7) is 5.16. The van der Waals surface area contributed by atoms with Crippen LogP contribution in [0.5, 0.6) is 0 Å². The van der Waals surface area contributed by atoms with Crippen molar-refractivity contribution in [3.8, 4) is 0 Å². The van der Waals surface area contributed by atoms with E-state index >= 15 is 0 Å². The van der Waals surface area contributed by atoms with Gasteiger partial charge < -0.3 is 14.2 Å². The van der Waals surface area contributed by atoms with Crippen molar-refractivity contribution in [3.05, 3.63) is 33.6 Å². The van der Waals surface area contributed by atoms with Gasteiger partial charge in [-0.1, -0.05) is 37.0 Å². The molecule has 0 atom stereocenters. The summed E-state index contributed by atoms with van der Waals surface area (Å²) in [5, 5.41) is 13.0. The summed E-state index contributed by atoms with van der Waals surface area (Å²) in [5.74, 6) is 0. The lowest BCUT2D eigenvalue weighted by Gasteiger charge is -2.19. The van der Waals surface area contributed by atoms with Gasteiger partial charge in [0.05, 0.1) is 30.8 Å². The minimum atomic E-state index is -3.66. The van der Waals surface area contributed by atoms with E-state index in [4.69, 9.17) is 14.6 Å². The first kappa shape index (κ1) is 19.9. The van der Waals surface area contributed by atoms with E-state index in [2.05, 4.69) is 16.9 Å². The maximum Gasteiger partial charge on any atom is 0.360 e. The first-order valence-electron chi connectivity index (χ1n) is 7.04. The molecule has 0 aliphatic rings. The molecule has 0 bridgehead atoms. The molecular formula is C13H24N3O4P. The molecule has 0 aromatic rings. The molecule has 7 nitrogen and oxygen atoms in total. The number of unbranched alkanes of at least 4 members (excludes halogenated alkanes) is 2. The monoisotopic (exact) mass is 317 g/mol. The van der Waals surface area contributed by atoms with Crippen LogP contribution in [0.25, 0.3) is 10.4 Å². The Morgan fingerprint density at radius 3 is 2.38 bits per heavy atom. The average molecular weight is 317 g/mol. The Balaban J connectivity index is 5.63. The number of hydrogen-bond donors (Lipinski definition) is 1. The lowest BCUT2D eigenvalue weighted by molar-refractivity contribution is 0.220. The third-order valence-corrected chi connectivity index (χ3v) is 4.75. The minimum Gasteiger partial charge on any atom is -0.391 e. The fourth-order valence-electron chi connectivity index (χ4n) is 1.59. The molecule has 0 rings (SSSR count). The Labute approximate surface area is 125 Å². The summed E-state index contributed by atoms with van der Waals surface area (Å²) in [6.07, 6.45) is 6.18. The lowest BCUT2D eigenvalue weighted by Crippen LogP contribution is -2.04. The van der Waals surface area contributed by atoms with Crippen molar-refractivity contribution >= 4 is 7.60 Å². The molecule has 0 saturated heterocycles. The van der Waals surface area contributed by atoms with Crippen molar-refractivity contribution in [2.45, 2.75) is 40.0 Å². The fraction of sp³-hybridized carbons (Fsp3) is 0.692. The molecule has 0 saturated carbocycles. The van der Waals surface area contributed by atoms with Crippen LogP contribution in [0.1, 0.15) is 40.0 Å². The van der Waals surface area contributed by atoms with Gasteiger partial charge in [-0.3, -0.25) is 4.57 Å². The van der Waals surface area contributed by atoms with Crippen molar-refractivity contribution in [2.24, 2.45) is 5.11 Å². The molecule has 0 spiro atoms. The first-order valence-corrected chi connectivity index (χ1v) is 8.59. The third-order valence-electron chi connectivity index (χ3n) is 2.53. The van der Waals surface area contributed by atoms with E-state index in [1.165, 1.54) is 0 Å². The van der Waals surface area contributed by atoms with Crippen LogP contribution in [0.3, 0.4) is 0 Å². The van der Waals surface area contributed by atoms with Crippen molar-refractivity contribution in [1.29, 1.82) is 0 Å². The molecule has 0 fully saturated rings. The Morgan fingerprint density at radius 2 is 1.95 bits per heavy atom. The summed E-state index contributed by atoms with van der Waals surface area (Å²) in [7, 11) is -3.66. The molecule has 0 radical (unpaired) electrons. The Bertz CT molecular complexity index is 446. The molecule has 0 aromatic carbocycles. The third kappa shape index (κ3) is 6.93. The smallest absolute Gasteiger partial charge is 0.360 e. The van der Waals surface area contributed by atoms with Crippen LogP contribution < -0.4 is 0 Å². The Hall–Kier alpha value is -1.10. The van der Waals surface area contributed by atoms with E-state index < -0.39 is 14.2 Å². The van der Waals surface area contributed by atoms with Crippen LogP contribution in [-0.4, -0.2) is 24.9 Å². The molecule has 0 heterocycles. The Kier molecular flexibility index (Phi) is 10.9. The van der Waals surface area contributed by atoms with E-state index in [9.17, 15) is 9.67 Å².